The number of amides is 1. The van der Waals surface area contributed by atoms with E-state index in [1.54, 1.807) is 32.2 Å². The summed E-state index contributed by atoms with van der Waals surface area (Å²) in [5.41, 5.74) is 0.882. The predicted octanol–water partition coefficient (Wildman–Crippen LogP) is 0.262. The van der Waals surface area contributed by atoms with Crippen molar-refractivity contribution in [2.75, 3.05) is 18.8 Å². The zero-order chi connectivity index (χ0) is 16.8. The molecule has 1 fully saturated rings. The Labute approximate surface area is 133 Å². The first-order valence-corrected chi connectivity index (χ1v) is 9.05. The van der Waals surface area contributed by atoms with Crippen molar-refractivity contribution in [3.63, 3.8) is 0 Å². The molecule has 0 N–H and O–H groups in total. The molecule has 0 spiro atoms. The lowest BCUT2D eigenvalue weighted by molar-refractivity contribution is 0.0660. The van der Waals surface area contributed by atoms with E-state index in [1.807, 2.05) is 0 Å². The minimum atomic E-state index is -3.13. The molecular formula is C15H17N3O4S. The van der Waals surface area contributed by atoms with Crippen LogP contribution in [0.1, 0.15) is 23.0 Å². The standard InChI is InChI=1S/C15H17N3O4S/c1-3-23(21,22)11-8-17(9-11)15(20)12-5-4-6-18-13(19)7-10(2)16-14(12)18/h4-7,11H,3,8-9H2,1-2H3. The number of aryl methyl sites for hydroxylation is 1. The average molecular weight is 335 g/mol. The largest absolute Gasteiger partial charge is 0.336 e. The molecule has 2 aromatic heterocycles. The molecule has 1 aliphatic rings. The molecule has 23 heavy (non-hydrogen) atoms. The average Bonchev–Trinajstić information content (AvgIpc) is 2.44. The van der Waals surface area contributed by atoms with Crippen molar-refractivity contribution >= 4 is 21.4 Å². The molecule has 0 aromatic carbocycles. The third-order valence-electron chi connectivity index (χ3n) is 4.10. The Balaban J connectivity index is 1.93. The van der Waals surface area contributed by atoms with Crippen LogP contribution in [0.3, 0.4) is 0 Å². The molecule has 122 valence electrons. The fourth-order valence-electron chi connectivity index (χ4n) is 2.64. The molecule has 0 aliphatic carbocycles. The first-order valence-electron chi connectivity index (χ1n) is 7.33. The fourth-order valence-corrected chi connectivity index (χ4v) is 3.93. The van der Waals surface area contributed by atoms with E-state index in [0.29, 0.717) is 16.9 Å². The van der Waals surface area contributed by atoms with E-state index in [4.69, 9.17) is 0 Å². The Morgan fingerprint density at radius 2 is 2.09 bits per heavy atom. The second-order valence-corrected chi connectivity index (χ2v) is 8.20. The minimum absolute atomic E-state index is 0.0735. The summed E-state index contributed by atoms with van der Waals surface area (Å²) < 4.78 is 24.9. The summed E-state index contributed by atoms with van der Waals surface area (Å²) in [6, 6.07) is 4.61. The summed E-state index contributed by atoms with van der Waals surface area (Å²) in [5, 5.41) is -0.496. The quantitative estimate of drug-likeness (QED) is 0.803. The highest BCUT2D eigenvalue weighted by Gasteiger charge is 2.39. The lowest BCUT2D eigenvalue weighted by Gasteiger charge is -2.38. The van der Waals surface area contributed by atoms with Gasteiger partial charge in [-0.25, -0.2) is 13.4 Å². The van der Waals surface area contributed by atoms with Crippen molar-refractivity contribution in [2.45, 2.75) is 19.1 Å². The maximum Gasteiger partial charge on any atom is 0.258 e. The number of fused-ring (bicyclic) bond motifs is 1. The summed E-state index contributed by atoms with van der Waals surface area (Å²) in [6.45, 7) is 3.66. The fraction of sp³-hybridized carbons (Fsp3) is 0.400. The number of carbonyl (C=O) groups is 1. The Bertz CT molecular complexity index is 943. The number of pyridine rings is 1. The van der Waals surface area contributed by atoms with Crippen molar-refractivity contribution < 1.29 is 13.2 Å². The van der Waals surface area contributed by atoms with E-state index in [1.165, 1.54) is 15.4 Å². The van der Waals surface area contributed by atoms with Crippen molar-refractivity contribution in [1.29, 1.82) is 0 Å². The van der Waals surface area contributed by atoms with E-state index in [0.717, 1.165) is 0 Å². The molecule has 1 amide bonds. The Kier molecular flexibility index (Phi) is 3.71. The van der Waals surface area contributed by atoms with Gasteiger partial charge in [-0.3, -0.25) is 14.0 Å². The van der Waals surface area contributed by atoms with E-state index in [2.05, 4.69) is 4.98 Å². The van der Waals surface area contributed by atoms with Gasteiger partial charge in [0, 0.05) is 36.8 Å². The summed E-state index contributed by atoms with van der Waals surface area (Å²) in [5.74, 6) is -0.229. The van der Waals surface area contributed by atoms with Gasteiger partial charge in [-0.05, 0) is 19.1 Å². The first-order chi connectivity index (χ1) is 10.8. The van der Waals surface area contributed by atoms with Crippen LogP contribution in [0.25, 0.3) is 5.65 Å². The molecule has 3 rings (SSSR count). The summed E-state index contributed by atoms with van der Waals surface area (Å²) >= 11 is 0. The van der Waals surface area contributed by atoms with Gasteiger partial charge < -0.3 is 4.90 Å². The summed E-state index contributed by atoms with van der Waals surface area (Å²) in [4.78, 5) is 30.3. The highest BCUT2D eigenvalue weighted by molar-refractivity contribution is 7.92. The molecule has 0 bridgehead atoms. The van der Waals surface area contributed by atoms with Gasteiger partial charge >= 0.3 is 0 Å². The Hall–Kier alpha value is -2.22. The van der Waals surface area contributed by atoms with Crippen LogP contribution in [0.4, 0.5) is 0 Å². The third kappa shape index (κ3) is 2.63. The maximum atomic E-state index is 12.6. The molecular weight excluding hydrogens is 318 g/mol. The van der Waals surface area contributed by atoms with Crippen molar-refractivity contribution in [3.05, 3.63) is 46.0 Å². The Morgan fingerprint density at radius 1 is 1.39 bits per heavy atom. The van der Waals surface area contributed by atoms with Gasteiger partial charge in [0.1, 0.15) is 0 Å². The Morgan fingerprint density at radius 3 is 2.74 bits per heavy atom. The van der Waals surface area contributed by atoms with Crippen LogP contribution in [0.15, 0.2) is 29.2 Å². The van der Waals surface area contributed by atoms with E-state index in [9.17, 15) is 18.0 Å². The molecule has 0 atom stereocenters. The number of sulfone groups is 1. The number of nitrogens with zero attached hydrogens (tertiary/aromatic N) is 3. The van der Waals surface area contributed by atoms with Gasteiger partial charge in [-0.1, -0.05) is 6.92 Å². The van der Waals surface area contributed by atoms with Gasteiger partial charge in [0.05, 0.1) is 10.8 Å². The highest BCUT2D eigenvalue weighted by atomic mass is 32.2. The van der Waals surface area contributed by atoms with Gasteiger partial charge in [0.2, 0.25) is 0 Å². The number of likely N-dealkylation sites (tertiary alicyclic amines) is 1. The predicted molar refractivity (Wildman–Crippen MR) is 85.4 cm³/mol. The third-order valence-corrected chi connectivity index (χ3v) is 6.21. The number of rotatable bonds is 3. The topological polar surface area (TPSA) is 88.8 Å². The maximum absolute atomic E-state index is 12.6. The number of carbonyl (C=O) groups excluding carboxylic acids is 1. The smallest absolute Gasteiger partial charge is 0.258 e. The zero-order valence-corrected chi connectivity index (χ0v) is 13.7. The molecule has 1 aliphatic heterocycles. The molecule has 0 saturated carbocycles. The van der Waals surface area contributed by atoms with Crippen LogP contribution in [-0.2, 0) is 9.84 Å². The van der Waals surface area contributed by atoms with Crippen LogP contribution in [-0.4, -0.2) is 52.7 Å². The molecule has 2 aromatic rings. The van der Waals surface area contributed by atoms with Gasteiger partial charge in [-0.2, -0.15) is 0 Å². The number of aromatic nitrogens is 2. The zero-order valence-electron chi connectivity index (χ0n) is 12.9. The normalized spacial score (nSPS) is 15.7. The number of hydrogen-bond acceptors (Lipinski definition) is 5. The molecule has 7 nitrogen and oxygen atoms in total. The summed E-state index contributed by atoms with van der Waals surface area (Å²) in [7, 11) is -3.13. The van der Waals surface area contributed by atoms with Crippen LogP contribution >= 0.6 is 0 Å². The molecule has 3 heterocycles. The van der Waals surface area contributed by atoms with Gasteiger partial charge in [0.15, 0.2) is 15.5 Å². The SMILES string of the molecule is CCS(=O)(=O)C1CN(C(=O)c2cccn3c(=O)cc(C)nc23)C1. The molecule has 8 heteroatoms. The number of hydrogen-bond donors (Lipinski definition) is 0. The lowest BCUT2D eigenvalue weighted by Crippen LogP contribution is -2.57. The van der Waals surface area contributed by atoms with E-state index >= 15 is 0 Å². The van der Waals surface area contributed by atoms with Crippen molar-refractivity contribution in [3.8, 4) is 0 Å². The minimum Gasteiger partial charge on any atom is -0.336 e. The van der Waals surface area contributed by atoms with Crippen molar-refractivity contribution in [1.82, 2.24) is 14.3 Å². The lowest BCUT2D eigenvalue weighted by atomic mass is 10.1. The van der Waals surface area contributed by atoms with E-state index < -0.39 is 15.1 Å². The first kappa shape index (κ1) is 15.7. The van der Waals surface area contributed by atoms with Gasteiger partial charge in [0.25, 0.3) is 11.5 Å². The molecule has 0 radical (unpaired) electrons. The van der Waals surface area contributed by atoms with Crippen LogP contribution in [0.5, 0.6) is 0 Å². The monoisotopic (exact) mass is 335 g/mol. The second-order valence-electron chi connectivity index (χ2n) is 5.63. The van der Waals surface area contributed by atoms with Gasteiger partial charge in [-0.15, -0.1) is 0 Å². The van der Waals surface area contributed by atoms with Crippen LogP contribution in [0.2, 0.25) is 0 Å². The van der Waals surface area contributed by atoms with E-state index in [-0.39, 0.29) is 30.3 Å². The second kappa shape index (κ2) is 5.45. The molecule has 0 unspecified atom stereocenters. The van der Waals surface area contributed by atoms with Crippen LogP contribution in [0, 0.1) is 6.92 Å². The van der Waals surface area contributed by atoms with Crippen LogP contribution < -0.4 is 5.56 Å². The van der Waals surface area contributed by atoms with Crippen molar-refractivity contribution in [2.24, 2.45) is 0 Å². The highest BCUT2D eigenvalue weighted by Crippen LogP contribution is 2.21. The molecule has 1 saturated heterocycles. The summed E-state index contributed by atoms with van der Waals surface area (Å²) in [6.07, 6.45) is 1.56.